The third-order valence-corrected chi connectivity index (χ3v) is 2.90. The Labute approximate surface area is 106 Å². The van der Waals surface area contributed by atoms with Crippen molar-refractivity contribution in [3.05, 3.63) is 0 Å². The van der Waals surface area contributed by atoms with E-state index in [4.69, 9.17) is 0 Å². The van der Waals surface area contributed by atoms with E-state index in [1.165, 1.54) is 6.92 Å². The number of hydrogen-bond donors (Lipinski definition) is 2. The lowest BCUT2D eigenvalue weighted by molar-refractivity contribution is -0.143. The van der Waals surface area contributed by atoms with Gasteiger partial charge >= 0.3 is 22.3 Å². The molecule has 0 saturated carbocycles. The van der Waals surface area contributed by atoms with Crippen molar-refractivity contribution in [1.29, 1.82) is 0 Å². The van der Waals surface area contributed by atoms with Crippen LogP contribution < -0.4 is 9.44 Å². The van der Waals surface area contributed by atoms with E-state index in [-0.39, 0.29) is 12.5 Å². The number of nitrogens with one attached hydrogen (secondary N) is 2. The topological polar surface area (TPSA) is 111 Å². The molecule has 0 aliphatic carbocycles. The van der Waals surface area contributed by atoms with Gasteiger partial charge in [-0.3, -0.25) is 4.79 Å². The molecule has 0 spiro atoms. The Hall–Kier alpha value is -1.35. The van der Waals surface area contributed by atoms with Crippen molar-refractivity contribution in [3.63, 3.8) is 0 Å². The molecule has 0 bridgehead atoms. The molecule has 106 valence electrons. The summed E-state index contributed by atoms with van der Waals surface area (Å²) < 4.78 is 35.6. The zero-order chi connectivity index (χ0) is 14.3. The SMILES string of the molecule is CCOC(=O)NS(=O)(=O)NC(C(=O)OC)C(C)C. The molecule has 1 atom stereocenters. The maximum Gasteiger partial charge on any atom is 0.421 e. The van der Waals surface area contributed by atoms with Gasteiger partial charge in [0.25, 0.3) is 0 Å². The highest BCUT2D eigenvalue weighted by Crippen LogP contribution is 2.04. The highest BCUT2D eigenvalue weighted by atomic mass is 32.2. The molecule has 0 aliphatic rings. The molecule has 2 N–H and O–H groups in total. The van der Waals surface area contributed by atoms with Gasteiger partial charge in [0.2, 0.25) is 0 Å². The first-order valence-electron chi connectivity index (χ1n) is 5.28. The molecule has 9 heteroatoms. The lowest BCUT2D eigenvalue weighted by Crippen LogP contribution is -2.50. The number of amides is 1. The smallest absolute Gasteiger partial charge is 0.421 e. The van der Waals surface area contributed by atoms with E-state index < -0.39 is 28.3 Å². The molecule has 1 unspecified atom stereocenters. The first-order valence-corrected chi connectivity index (χ1v) is 6.76. The van der Waals surface area contributed by atoms with Crippen molar-refractivity contribution in [2.75, 3.05) is 13.7 Å². The second-order valence-corrected chi connectivity index (χ2v) is 5.14. The predicted molar refractivity (Wildman–Crippen MR) is 62.9 cm³/mol. The molecule has 18 heavy (non-hydrogen) atoms. The summed E-state index contributed by atoms with van der Waals surface area (Å²) in [5.41, 5.74) is 0. The van der Waals surface area contributed by atoms with Crippen molar-refractivity contribution in [2.45, 2.75) is 26.8 Å². The molecule has 8 nitrogen and oxygen atoms in total. The highest BCUT2D eigenvalue weighted by molar-refractivity contribution is 7.88. The summed E-state index contributed by atoms with van der Waals surface area (Å²) in [6.45, 7) is 4.83. The fourth-order valence-electron chi connectivity index (χ4n) is 1.05. The van der Waals surface area contributed by atoms with Crippen LogP contribution in [0.1, 0.15) is 20.8 Å². The molecule has 1 amide bonds. The Morgan fingerprint density at radius 3 is 2.22 bits per heavy atom. The highest BCUT2D eigenvalue weighted by Gasteiger charge is 2.29. The van der Waals surface area contributed by atoms with Crippen LogP contribution in [0, 0.1) is 5.92 Å². The van der Waals surface area contributed by atoms with Crippen LogP contribution in [0.3, 0.4) is 0 Å². The van der Waals surface area contributed by atoms with Crippen LogP contribution in [0.25, 0.3) is 0 Å². The molecule has 0 aromatic heterocycles. The number of ether oxygens (including phenoxy) is 2. The van der Waals surface area contributed by atoms with Gasteiger partial charge in [0.1, 0.15) is 6.04 Å². The molecule has 0 rings (SSSR count). The number of carbonyl (C=O) groups is 2. The van der Waals surface area contributed by atoms with Crippen LogP contribution in [-0.2, 0) is 24.5 Å². The van der Waals surface area contributed by atoms with Gasteiger partial charge in [0, 0.05) is 0 Å². The molecule has 0 aliphatic heterocycles. The first kappa shape index (κ1) is 16.6. The van der Waals surface area contributed by atoms with Gasteiger partial charge in [-0.15, -0.1) is 0 Å². The van der Waals surface area contributed by atoms with Crippen molar-refractivity contribution in [1.82, 2.24) is 9.44 Å². The summed E-state index contributed by atoms with van der Waals surface area (Å²) in [4.78, 5) is 22.3. The number of carbonyl (C=O) groups excluding carboxylic acids is 2. The van der Waals surface area contributed by atoms with Crippen LogP contribution >= 0.6 is 0 Å². The lowest BCUT2D eigenvalue weighted by atomic mass is 10.1. The Balaban J connectivity index is 4.72. The zero-order valence-corrected chi connectivity index (χ0v) is 11.5. The standard InChI is InChI=1S/C9H18N2O6S/c1-5-17-9(13)11-18(14,15)10-7(6(2)3)8(12)16-4/h6-7,10H,5H2,1-4H3,(H,11,13). The van der Waals surface area contributed by atoms with E-state index in [0.29, 0.717) is 0 Å². The zero-order valence-electron chi connectivity index (χ0n) is 10.7. The molecular weight excluding hydrogens is 264 g/mol. The van der Waals surface area contributed by atoms with Crippen molar-refractivity contribution in [2.24, 2.45) is 5.92 Å². The largest absolute Gasteiger partial charge is 0.468 e. The van der Waals surface area contributed by atoms with Crippen LogP contribution in [0.5, 0.6) is 0 Å². The summed E-state index contributed by atoms with van der Waals surface area (Å²) in [6.07, 6.45) is -1.11. The minimum absolute atomic E-state index is 0.0337. The van der Waals surface area contributed by atoms with Crippen LogP contribution in [0.15, 0.2) is 0 Å². The summed E-state index contributed by atoms with van der Waals surface area (Å²) in [6, 6.07) is -1.08. The Morgan fingerprint density at radius 1 is 1.28 bits per heavy atom. The normalized spacial score (nSPS) is 12.9. The van der Waals surface area contributed by atoms with Crippen molar-refractivity contribution >= 4 is 22.3 Å². The van der Waals surface area contributed by atoms with Gasteiger partial charge in [0.05, 0.1) is 13.7 Å². The van der Waals surface area contributed by atoms with Gasteiger partial charge in [-0.25, -0.2) is 9.52 Å². The fraction of sp³-hybridized carbons (Fsp3) is 0.778. The lowest BCUT2D eigenvalue weighted by Gasteiger charge is -2.19. The molecular formula is C9H18N2O6S. The third kappa shape index (κ3) is 5.82. The van der Waals surface area contributed by atoms with Gasteiger partial charge in [-0.05, 0) is 12.8 Å². The van der Waals surface area contributed by atoms with Crippen molar-refractivity contribution in [3.8, 4) is 0 Å². The van der Waals surface area contributed by atoms with Gasteiger partial charge in [0.15, 0.2) is 0 Å². The molecule has 0 fully saturated rings. The van der Waals surface area contributed by atoms with Crippen LogP contribution in [0.2, 0.25) is 0 Å². The molecule has 0 heterocycles. The maximum absolute atomic E-state index is 11.5. The summed E-state index contributed by atoms with van der Waals surface area (Å²) >= 11 is 0. The number of esters is 1. The average molecular weight is 282 g/mol. The fourth-order valence-corrected chi connectivity index (χ4v) is 2.09. The molecule has 0 aromatic carbocycles. The van der Waals surface area contributed by atoms with E-state index >= 15 is 0 Å². The van der Waals surface area contributed by atoms with Gasteiger partial charge < -0.3 is 9.47 Å². The molecule has 0 radical (unpaired) electrons. The first-order chi connectivity index (χ1) is 8.23. The summed E-state index contributed by atoms with van der Waals surface area (Å²) in [5.74, 6) is -1.07. The average Bonchev–Trinajstić information content (AvgIpc) is 2.24. The van der Waals surface area contributed by atoms with E-state index in [0.717, 1.165) is 7.11 Å². The molecule has 0 aromatic rings. The summed E-state index contributed by atoms with van der Waals surface area (Å²) in [5, 5.41) is 0. The Morgan fingerprint density at radius 2 is 1.83 bits per heavy atom. The van der Waals surface area contributed by atoms with Crippen LogP contribution in [-0.4, -0.2) is 40.2 Å². The van der Waals surface area contributed by atoms with E-state index in [1.54, 1.807) is 18.6 Å². The monoisotopic (exact) mass is 282 g/mol. The predicted octanol–water partition coefficient (Wildman–Crippen LogP) is -0.235. The van der Waals surface area contributed by atoms with Crippen molar-refractivity contribution < 1.29 is 27.5 Å². The van der Waals surface area contributed by atoms with Crippen LogP contribution in [0.4, 0.5) is 4.79 Å². The minimum atomic E-state index is -4.18. The third-order valence-electron chi connectivity index (χ3n) is 1.90. The van der Waals surface area contributed by atoms with Gasteiger partial charge in [-0.2, -0.15) is 13.1 Å². The van der Waals surface area contributed by atoms with E-state index in [1.807, 2.05) is 4.72 Å². The minimum Gasteiger partial charge on any atom is -0.468 e. The second kappa shape index (κ2) is 7.17. The number of rotatable bonds is 6. The van der Waals surface area contributed by atoms with Gasteiger partial charge in [-0.1, -0.05) is 13.8 Å². The number of hydrogen-bond acceptors (Lipinski definition) is 6. The van der Waals surface area contributed by atoms with E-state index in [9.17, 15) is 18.0 Å². The molecule has 0 saturated heterocycles. The maximum atomic E-state index is 11.5. The number of methoxy groups -OCH3 is 1. The summed E-state index contributed by atoms with van der Waals surface area (Å²) in [7, 11) is -3.03. The Kier molecular flexibility index (Phi) is 6.63. The quantitative estimate of drug-likeness (QED) is 0.651. The van der Waals surface area contributed by atoms with E-state index in [2.05, 4.69) is 9.47 Å². The second-order valence-electron chi connectivity index (χ2n) is 3.69. The Bertz CT molecular complexity index is 392.